The molecule has 8 nitrogen and oxygen atoms in total. The first-order valence-corrected chi connectivity index (χ1v) is 10.3. The molecule has 2 aromatic carbocycles. The maximum absolute atomic E-state index is 13.1. The highest BCUT2D eigenvalue weighted by molar-refractivity contribution is 7.92. The summed E-state index contributed by atoms with van der Waals surface area (Å²) in [5, 5.41) is 13.7. The van der Waals surface area contributed by atoms with Gasteiger partial charge in [0.1, 0.15) is 6.54 Å². The number of hydrogen-bond donors (Lipinski definition) is 1. The molecule has 2 aromatic rings. The Kier molecular flexibility index (Phi) is 7.11. The zero-order chi connectivity index (χ0) is 20.7. The van der Waals surface area contributed by atoms with Gasteiger partial charge >= 0.3 is 0 Å². The highest BCUT2D eigenvalue weighted by Gasteiger charge is 2.27. The maximum atomic E-state index is 13.1. The van der Waals surface area contributed by atoms with E-state index in [-0.39, 0.29) is 22.3 Å². The lowest BCUT2D eigenvalue weighted by molar-refractivity contribution is -0.384. The van der Waals surface area contributed by atoms with Crippen LogP contribution < -0.4 is 9.62 Å². The molecule has 0 saturated heterocycles. The van der Waals surface area contributed by atoms with E-state index in [1.165, 1.54) is 36.4 Å². The summed E-state index contributed by atoms with van der Waals surface area (Å²) in [4.78, 5) is 22.8. The van der Waals surface area contributed by atoms with Crippen LogP contribution in [0.15, 0.2) is 59.5 Å². The molecule has 1 N–H and O–H groups in total. The van der Waals surface area contributed by atoms with Gasteiger partial charge in [-0.25, -0.2) is 8.42 Å². The standard InChI is InChI=1S/C19H23N3O5S/c1-3-7-15(2)20-19(23)14-21(16-10-12-17(13-11-16)22(24)25)28(26,27)18-8-5-4-6-9-18/h4-6,8-13,15H,3,7,14H2,1-2H3,(H,20,23)/t15-/m1/s1. The number of carbonyl (C=O) groups is 1. The number of sulfonamides is 1. The fourth-order valence-corrected chi connectivity index (χ4v) is 4.17. The smallest absolute Gasteiger partial charge is 0.269 e. The molecule has 2 rings (SSSR count). The number of nitro groups is 1. The van der Waals surface area contributed by atoms with Crippen LogP contribution in [0.2, 0.25) is 0 Å². The minimum absolute atomic E-state index is 0.0303. The Morgan fingerprint density at radius 2 is 1.75 bits per heavy atom. The van der Waals surface area contributed by atoms with E-state index in [0.29, 0.717) is 0 Å². The Hall–Kier alpha value is -2.94. The van der Waals surface area contributed by atoms with E-state index in [4.69, 9.17) is 0 Å². The van der Waals surface area contributed by atoms with Crippen molar-refractivity contribution < 1.29 is 18.1 Å². The second-order valence-corrected chi connectivity index (χ2v) is 8.22. The van der Waals surface area contributed by atoms with E-state index in [2.05, 4.69) is 5.32 Å². The SMILES string of the molecule is CCC[C@@H](C)NC(=O)CN(c1ccc([N+](=O)[O-])cc1)S(=O)(=O)c1ccccc1. The molecule has 0 aliphatic rings. The Morgan fingerprint density at radius 3 is 2.29 bits per heavy atom. The van der Waals surface area contributed by atoms with Crippen LogP contribution in [-0.2, 0) is 14.8 Å². The summed E-state index contributed by atoms with van der Waals surface area (Å²) >= 11 is 0. The number of nitrogens with zero attached hydrogens (tertiary/aromatic N) is 2. The topological polar surface area (TPSA) is 110 Å². The van der Waals surface area contributed by atoms with Gasteiger partial charge in [0.2, 0.25) is 5.91 Å². The Bertz CT molecular complexity index is 914. The molecule has 0 saturated carbocycles. The van der Waals surface area contributed by atoms with Gasteiger partial charge in [-0.1, -0.05) is 31.5 Å². The lowest BCUT2D eigenvalue weighted by atomic mass is 10.2. The predicted octanol–water partition coefficient (Wildman–Crippen LogP) is 3.09. The van der Waals surface area contributed by atoms with Crippen molar-refractivity contribution in [2.24, 2.45) is 0 Å². The van der Waals surface area contributed by atoms with E-state index >= 15 is 0 Å². The van der Waals surface area contributed by atoms with Gasteiger partial charge in [-0.05, 0) is 37.6 Å². The molecule has 0 aromatic heterocycles. The molecule has 0 heterocycles. The van der Waals surface area contributed by atoms with Crippen LogP contribution in [0.5, 0.6) is 0 Å². The van der Waals surface area contributed by atoms with Crippen molar-refractivity contribution in [3.8, 4) is 0 Å². The molecule has 0 spiro atoms. The van der Waals surface area contributed by atoms with Crippen molar-refractivity contribution in [2.75, 3.05) is 10.8 Å². The van der Waals surface area contributed by atoms with Gasteiger partial charge in [-0.15, -0.1) is 0 Å². The van der Waals surface area contributed by atoms with Crippen LogP contribution in [0.4, 0.5) is 11.4 Å². The summed E-state index contributed by atoms with van der Waals surface area (Å²) in [6, 6.07) is 12.7. The third-order valence-electron chi connectivity index (χ3n) is 4.10. The Balaban J connectivity index is 2.38. The number of hydrogen-bond acceptors (Lipinski definition) is 5. The molecule has 0 aliphatic carbocycles. The number of carbonyl (C=O) groups excluding carboxylic acids is 1. The molecule has 1 amide bonds. The van der Waals surface area contributed by atoms with E-state index < -0.39 is 27.4 Å². The van der Waals surface area contributed by atoms with Gasteiger partial charge in [0.05, 0.1) is 15.5 Å². The first kappa shape index (κ1) is 21.4. The molecule has 9 heteroatoms. The highest BCUT2D eigenvalue weighted by Crippen LogP contribution is 2.25. The van der Waals surface area contributed by atoms with Crippen molar-refractivity contribution in [3.05, 3.63) is 64.7 Å². The second kappa shape index (κ2) is 9.32. The van der Waals surface area contributed by atoms with Crippen molar-refractivity contribution in [1.82, 2.24) is 5.32 Å². The summed E-state index contributed by atoms with van der Waals surface area (Å²) in [6.07, 6.45) is 1.66. The number of amides is 1. The summed E-state index contributed by atoms with van der Waals surface area (Å²) < 4.78 is 27.2. The molecule has 0 aliphatic heterocycles. The number of non-ortho nitro benzene ring substituents is 1. The van der Waals surface area contributed by atoms with Gasteiger partial charge < -0.3 is 5.32 Å². The lowest BCUT2D eigenvalue weighted by Gasteiger charge is -2.25. The molecule has 1 atom stereocenters. The zero-order valence-electron chi connectivity index (χ0n) is 15.7. The van der Waals surface area contributed by atoms with Gasteiger partial charge in [0, 0.05) is 18.2 Å². The van der Waals surface area contributed by atoms with Gasteiger partial charge in [-0.2, -0.15) is 0 Å². The average molecular weight is 405 g/mol. The minimum atomic E-state index is -4.03. The third-order valence-corrected chi connectivity index (χ3v) is 5.88. The molecule has 0 bridgehead atoms. The normalized spacial score (nSPS) is 12.2. The van der Waals surface area contributed by atoms with Gasteiger partial charge in [0.25, 0.3) is 15.7 Å². The summed E-state index contributed by atoms with van der Waals surface area (Å²) in [5.74, 6) is -0.446. The molecule has 0 unspecified atom stereocenters. The number of rotatable bonds is 9. The van der Waals surface area contributed by atoms with Crippen LogP contribution >= 0.6 is 0 Å². The largest absolute Gasteiger partial charge is 0.352 e. The second-order valence-electron chi connectivity index (χ2n) is 6.36. The molecule has 0 fully saturated rings. The van der Waals surface area contributed by atoms with Crippen molar-refractivity contribution in [3.63, 3.8) is 0 Å². The quantitative estimate of drug-likeness (QED) is 0.509. The molecule has 0 radical (unpaired) electrons. The number of anilines is 1. The third kappa shape index (κ3) is 5.29. The first-order chi connectivity index (χ1) is 13.3. The van der Waals surface area contributed by atoms with Gasteiger partial charge in [-0.3, -0.25) is 19.2 Å². The van der Waals surface area contributed by atoms with Crippen molar-refractivity contribution in [1.29, 1.82) is 0 Å². The minimum Gasteiger partial charge on any atom is -0.352 e. The van der Waals surface area contributed by atoms with Crippen LogP contribution in [-0.4, -0.2) is 31.8 Å². The molecular formula is C19H23N3O5S. The Labute approximate surface area is 164 Å². The van der Waals surface area contributed by atoms with E-state index in [0.717, 1.165) is 17.1 Å². The van der Waals surface area contributed by atoms with Crippen LogP contribution in [0.25, 0.3) is 0 Å². The van der Waals surface area contributed by atoms with Crippen molar-refractivity contribution in [2.45, 2.75) is 37.6 Å². The molecule has 150 valence electrons. The van der Waals surface area contributed by atoms with E-state index in [9.17, 15) is 23.3 Å². The fraction of sp³-hybridized carbons (Fsp3) is 0.316. The van der Waals surface area contributed by atoms with Crippen LogP contribution in [0, 0.1) is 10.1 Å². The Morgan fingerprint density at radius 1 is 1.14 bits per heavy atom. The monoisotopic (exact) mass is 405 g/mol. The number of benzene rings is 2. The van der Waals surface area contributed by atoms with E-state index in [1.807, 2.05) is 13.8 Å². The van der Waals surface area contributed by atoms with Gasteiger partial charge in [0.15, 0.2) is 0 Å². The predicted molar refractivity (Wildman–Crippen MR) is 107 cm³/mol. The number of nitro benzene ring substituents is 1. The molecule has 28 heavy (non-hydrogen) atoms. The first-order valence-electron chi connectivity index (χ1n) is 8.87. The lowest BCUT2D eigenvalue weighted by Crippen LogP contribution is -2.43. The number of nitrogens with one attached hydrogen (secondary N) is 1. The van der Waals surface area contributed by atoms with E-state index in [1.54, 1.807) is 18.2 Å². The average Bonchev–Trinajstić information content (AvgIpc) is 2.67. The summed E-state index contributed by atoms with van der Waals surface area (Å²) in [7, 11) is -4.03. The highest BCUT2D eigenvalue weighted by atomic mass is 32.2. The molecular weight excluding hydrogens is 382 g/mol. The van der Waals surface area contributed by atoms with Crippen molar-refractivity contribution >= 4 is 27.3 Å². The fourth-order valence-electron chi connectivity index (χ4n) is 2.73. The summed E-state index contributed by atoms with van der Waals surface area (Å²) in [6.45, 7) is 3.41. The zero-order valence-corrected chi connectivity index (χ0v) is 16.6. The van der Waals surface area contributed by atoms with Crippen LogP contribution in [0.3, 0.4) is 0 Å². The maximum Gasteiger partial charge on any atom is 0.269 e. The summed E-state index contributed by atoms with van der Waals surface area (Å²) in [5.41, 5.74) is 0.00887. The van der Waals surface area contributed by atoms with Crippen LogP contribution in [0.1, 0.15) is 26.7 Å².